The van der Waals surface area contributed by atoms with Crippen molar-refractivity contribution in [2.24, 2.45) is 0 Å². The van der Waals surface area contributed by atoms with Gasteiger partial charge in [0.1, 0.15) is 23.5 Å². The Morgan fingerprint density at radius 3 is 2.79 bits per heavy atom. The standard InChI is InChI=1S/C24H19F3N6O/c1-2-32-12-17(21-22(28)29-13-30-23(21)32)14-6-7-18-15(10-14)8-9-33(18)20(34)11-16-4-3-5-19(31-16)24(25,26)27/h2-7,10,12-13H,1,8-9,11H2,(H2,28,29,30). The van der Waals surface area contributed by atoms with E-state index in [2.05, 4.69) is 21.5 Å². The second-order valence-corrected chi connectivity index (χ2v) is 7.92. The molecule has 0 aliphatic carbocycles. The molecular weight excluding hydrogens is 445 g/mol. The Balaban J connectivity index is 1.44. The van der Waals surface area contributed by atoms with Gasteiger partial charge in [0, 0.05) is 30.2 Å². The van der Waals surface area contributed by atoms with Gasteiger partial charge in [-0.15, -0.1) is 0 Å². The fraction of sp³-hybridized carbons (Fsp3) is 0.167. The van der Waals surface area contributed by atoms with Crippen molar-refractivity contribution in [2.75, 3.05) is 17.2 Å². The third-order valence-corrected chi connectivity index (χ3v) is 5.85. The van der Waals surface area contributed by atoms with Crippen LogP contribution in [0.2, 0.25) is 0 Å². The van der Waals surface area contributed by atoms with Crippen molar-refractivity contribution in [3.8, 4) is 11.1 Å². The number of halogens is 3. The fourth-order valence-electron chi connectivity index (χ4n) is 4.28. The summed E-state index contributed by atoms with van der Waals surface area (Å²) in [7, 11) is 0. The molecule has 1 amide bonds. The van der Waals surface area contributed by atoms with Crippen molar-refractivity contribution < 1.29 is 18.0 Å². The molecule has 0 fully saturated rings. The lowest BCUT2D eigenvalue weighted by Gasteiger charge is -2.18. The van der Waals surface area contributed by atoms with E-state index in [-0.39, 0.29) is 18.0 Å². The largest absolute Gasteiger partial charge is 0.433 e. The second kappa shape index (κ2) is 7.98. The highest BCUT2D eigenvalue weighted by Gasteiger charge is 2.33. The van der Waals surface area contributed by atoms with Crippen LogP contribution in [0.4, 0.5) is 24.7 Å². The van der Waals surface area contributed by atoms with E-state index in [0.717, 1.165) is 28.4 Å². The first kappa shape index (κ1) is 21.6. The number of anilines is 2. The van der Waals surface area contributed by atoms with Crippen LogP contribution in [-0.4, -0.2) is 32.0 Å². The summed E-state index contributed by atoms with van der Waals surface area (Å²) in [6, 6.07) is 9.28. The third kappa shape index (κ3) is 3.66. The van der Waals surface area contributed by atoms with Gasteiger partial charge in [-0.25, -0.2) is 15.0 Å². The lowest BCUT2D eigenvalue weighted by molar-refractivity contribution is -0.141. The number of rotatable bonds is 4. The number of benzene rings is 1. The molecule has 0 spiro atoms. The zero-order valence-corrected chi connectivity index (χ0v) is 17.9. The van der Waals surface area contributed by atoms with Gasteiger partial charge >= 0.3 is 6.18 Å². The number of hydrogen-bond donors (Lipinski definition) is 1. The van der Waals surface area contributed by atoms with Crippen LogP contribution in [0.3, 0.4) is 0 Å². The first-order valence-electron chi connectivity index (χ1n) is 10.5. The minimum atomic E-state index is -4.56. The third-order valence-electron chi connectivity index (χ3n) is 5.85. The maximum absolute atomic E-state index is 12.9. The van der Waals surface area contributed by atoms with Crippen LogP contribution in [0.5, 0.6) is 0 Å². The van der Waals surface area contributed by atoms with Gasteiger partial charge in [0.25, 0.3) is 0 Å². The molecular formula is C24H19F3N6O. The summed E-state index contributed by atoms with van der Waals surface area (Å²) in [6.07, 6.45) is 0.754. The number of amides is 1. The molecule has 0 atom stereocenters. The Morgan fingerprint density at radius 1 is 1.21 bits per heavy atom. The van der Waals surface area contributed by atoms with Crippen LogP contribution in [0.25, 0.3) is 28.4 Å². The van der Waals surface area contributed by atoms with Crippen LogP contribution in [0, 0.1) is 0 Å². The number of hydrogen-bond acceptors (Lipinski definition) is 5. The summed E-state index contributed by atoms with van der Waals surface area (Å²) in [5, 5.41) is 0.712. The van der Waals surface area contributed by atoms with Crippen molar-refractivity contribution in [1.29, 1.82) is 0 Å². The molecule has 0 bridgehead atoms. The highest BCUT2D eigenvalue weighted by atomic mass is 19.4. The summed E-state index contributed by atoms with van der Waals surface area (Å²) in [6.45, 7) is 4.25. The summed E-state index contributed by atoms with van der Waals surface area (Å²) < 4.78 is 40.6. The highest BCUT2D eigenvalue weighted by Crippen LogP contribution is 2.37. The van der Waals surface area contributed by atoms with Gasteiger partial charge in [-0.2, -0.15) is 13.2 Å². The Kier molecular flexibility index (Phi) is 5.07. The van der Waals surface area contributed by atoms with Gasteiger partial charge < -0.3 is 15.2 Å². The average Bonchev–Trinajstić information content (AvgIpc) is 3.40. The molecule has 5 rings (SSSR count). The van der Waals surface area contributed by atoms with Gasteiger partial charge in [0.05, 0.1) is 17.5 Å². The van der Waals surface area contributed by atoms with E-state index in [4.69, 9.17) is 5.73 Å². The van der Waals surface area contributed by atoms with Crippen molar-refractivity contribution in [3.05, 3.63) is 72.5 Å². The molecule has 1 aromatic carbocycles. The van der Waals surface area contributed by atoms with Crippen molar-refractivity contribution in [1.82, 2.24) is 19.5 Å². The molecule has 1 aliphatic heterocycles. The lowest BCUT2D eigenvalue weighted by Crippen LogP contribution is -2.30. The molecule has 172 valence electrons. The zero-order valence-electron chi connectivity index (χ0n) is 17.9. The van der Waals surface area contributed by atoms with E-state index in [9.17, 15) is 18.0 Å². The second-order valence-electron chi connectivity index (χ2n) is 7.92. The molecule has 0 unspecified atom stereocenters. The molecule has 7 nitrogen and oxygen atoms in total. The number of aromatic nitrogens is 4. The Bertz CT molecular complexity index is 1440. The van der Waals surface area contributed by atoms with Crippen molar-refractivity contribution in [2.45, 2.75) is 19.0 Å². The van der Waals surface area contributed by atoms with E-state index < -0.39 is 11.9 Å². The molecule has 34 heavy (non-hydrogen) atoms. The molecule has 0 saturated heterocycles. The molecule has 4 aromatic rings. The lowest BCUT2D eigenvalue weighted by atomic mass is 10.0. The van der Waals surface area contributed by atoms with Crippen LogP contribution >= 0.6 is 0 Å². The SMILES string of the molecule is C=Cn1cc(-c2ccc3c(c2)CCN3C(=O)Cc2cccc(C(F)(F)F)n2)c2c(N)ncnc21. The van der Waals surface area contributed by atoms with E-state index in [1.165, 1.54) is 18.5 Å². The topological polar surface area (TPSA) is 89.9 Å². The molecule has 0 radical (unpaired) electrons. The number of carbonyl (C=O) groups excluding carboxylic acids is 1. The molecule has 3 aromatic heterocycles. The zero-order chi connectivity index (χ0) is 24.0. The van der Waals surface area contributed by atoms with Gasteiger partial charge in [-0.1, -0.05) is 18.7 Å². The van der Waals surface area contributed by atoms with Crippen LogP contribution in [0.1, 0.15) is 17.0 Å². The molecule has 1 aliphatic rings. The number of pyridine rings is 1. The smallest absolute Gasteiger partial charge is 0.383 e. The number of nitrogen functional groups attached to an aromatic ring is 1. The van der Waals surface area contributed by atoms with Crippen LogP contribution in [0.15, 0.2) is 55.5 Å². The highest BCUT2D eigenvalue weighted by molar-refractivity contribution is 6.02. The monoisotopic (exact) mass is 464 g/mol. The number of carbonyl (C=O) groups is 1. The first-order valence-corrected chi connectivity index (χ1v) is 10.5. The molecule has 2 N–H and O–H groups in total. The Morgan fingerprint density at radius 2 is 2.03 bits per heavy atom. The fourth-order valence-corrected chi connectivity index (χ4v) is 4.28. The van der Waals surface area contributed by atoms with Crippen LogP contribution < -0.4 is 10.6 Å². The predicted octanol–water partition coefficient (Wildman–Crippen LogP) is 4.33. The Hall–Kier alpha value is -4.21. The first-order chi connectivity index (χ1) is 16.3. The Labute approximate surface area is 192 Å². The summed E-state index contributed by atoms with van der Waals surface area (Å²) in [5.41, 5.74) is 9.25. The maximum Gasteiger partial charge on any atom is 0.433 e. The minimum absolute atomic E-state index is 0.0811. The molecule has 10 heteroatoms. The van der Waals surface area contributed by atoms with E-state index in [1.807, 2.05) is 24.4 Å². The maximum atomic E-state index is 12.9. The molecule has 4 heterocycles. The number of nitrogens with two attached hydrogens (primary N) is 1. The summed E-state index contributed by atoms with van der Waals surface area (Å²) in [5.74, 6) is 0.0470. The van der Waals surface area contributed by atoms with E-state index in [0.29, 0.717) is 29.8 Å². The molecule has 0 saturated carbocycles. The number of nitrogens with zero attached hydrogens (tertiary/aromatic N) is 5. The summed E-state index contributed by atoms with van der Waals surface area (Å²) in [4.78, 5) is 26.5. The summed E-state index contributed by atoms with van der Waals surface area (Å²) >= 11 is 0. The number of fused-ring (bicyclic) bond motifs is 2. The van der Waals surface area contributed by atoms with Gasteiger partial charge in [-0.05, 0) is 41.8 Å². The van der Waals surface area contributed by atoms with Crippen molar-refractivity contribution >= 4 is 34.6 Å². The predicted molar refractivity (Wildman–Crippen MR) is 123 cm³/mol. The van der Waals surface area contributed by atoms with Gasteiger partial charge in [0.15, 0.2) is 0 Å². The minimum Gasteiger partial charge on any atom is -0.383 e. The van der Waals surface area contributed by atoms with E-state index in [1.54, 1.807) is 15.7 Å². The van der Waals surface area contributed by atoms with E-state index >= 15 is 0 Å². The normalized spacial score (nSPS) is 13.3. The van der Waals surface area contributed by atoms with Crippen LogP contribution in [-0.2, 0) is 23.8 Å². The average molecular weight is 464 g/mol. The quantitative estimate of drug-likeness (QED) is 0.486. The van der Waals surface area contributed by atoms with Crippen molar-refractivity contribution in [3.63, 3.8) is 0 Å². The van der Waals surface area contributed by atoms with Gasteiger partial charge in [0.2, 0.25) is 5.91 Å². The number of alkyl halides is 3. The van der Waals surface area contributed by atoms with Gasteiger partial charge in [-0.3, -0.25) is 4.79 Å².